The third-order valence-corrected chi connectivity index (χ3v) is 10.1. The normalized spacial score (nSPS) is 13.2. The summed E-state index contributed by atoms with van der Waals surface area (Å²) < 4.78 is 2.75. The smallest absolute Gasteiger partial charge is 0.0880 e. The Morgan fingerprint density at radius 2 is 0.761 bits per heavy atom. The van der Waals surface area contributed by atoms with Crippen LogP contribution in [0.1, 0.15) is 67.7 Å². The van der Waals surface area contributed by atoms with E-state index in [4.69, 9.17) is 0 Å². The minimum absolute atomic E-state index is 0.534. The molecule has 0 radical (unpaired) electrons. The lowest BCUT2D eigenvalue weighted by Crippen LogP contribution is -2.55. The number of para-hydroxylation sites is 2. The van der Waals surface area contributed by atoms with Gasteiger partial charge < -0.3 is 4.57 Å². The Bertz CT molecular complexity index is 1840. The molecular weight excluding hydrogens is 555 g/mol. The SMILES string of the molecule is CCCCCCCC(c1ccccc1)(n1c2ccccc2c2ccccc21)C(c1ccccc1)(c1ccccc1)c1ccccc1. The summed E-state index contributed by atoms with van der Waals surface area (Å²) in [4.78, 5) is 0. The molecule has 0 aliphatic rings. The van der Waals surface area contributed by atoms with E-state index in [1.165, 1.54) is 69.7 Å². The van der Waals surface area contributed by atoms with Crippen molar-refractivity contribution in [2.75, 3.05) is 0 Å². The molecular formula is C45H43N. The molecule has 0 saturated heterocycles. The molecule has 0 N–H and O–H groups in total. The first-order valence-corrected chi connectivity index (χ1v) is 17.0. The van der Waals surface area contributed by atoms with Gasteiger partial charge in [0.05, 0.1) is 11.0 Å². The average Bonchev–Trinajstić information content (AvgIpc) is 3.47. The highest BCUT2D eigenvalue weighted by Gasteiger charge is 2.57. The Balaban J connectivity index is 1.73. The molecule has 0 saturated carbocycles. The molecule has 7 aromatic rings. The van der Waals surface area contributed by atoms with E-state index in [1.54, 1.807) is 0 Å². The molecule has 1 unspecified atom stereocenters. The van der Waals surface area contributed by atoms with E-state index in [0.29, 0.717) is 0 Å². The predicted molar refractivity (Wildman–Crippen MR) is 196 cm³/mol. The van der Waals surface area contributed by atoms with Gasteiger partial charge in [-0.05, 0) is 40.8 Å². The van der Waals surface area contributed by atoms with Crippen LogP contribution in [0.3, 0.4) is 0 Å². The van der Waals surface area contributed by atoms with E-state index in [-0.39, 0.29) is 0 Å². The zero-order chi connectivity index (χ0) is 31.2. The van der Waals surface area contributed by atoms with Crippen molar-refractivity contribution in [3.63, 3.8) is 0 Å². The molecule has 0 fully saturated rings. The van der Waals surface area contributed by atoms with Gasteiger partial charge in [0, 0.05) is 21.8 Å². The maximum absolute atomic E-state index is 2.75. The maximum Gasteiger partial charge on any atom is 0.0880 e. The highest BCUT2D eigenvalue weighted by Crippen LogP contribution is 2.58. The van der Waals surface area contributed by atoms with Gasteiger partial charge in [0.1, 0.15) is 0 Å². The van der Waals surface area contributed by atoms with Gasteiger partial charge in [0.15, 0.2) is 0 Å². The summed E-state index contributed by atoms with van der Waals surface area (Å²) >= 11 is 0. The lowest BCUT2D eigenvalue weighted by molar-refractivity contribution is 0.230. The summed E-state index contributed by atoms with van der Waals surface area (Å²) in [5.41, 5.74) is 6.65. The maximum atomic E-state index is 2.75. The number of fused-ring (bicyclic) bond motifs is 3. The van der Waals surface area contributed by atoms with Crippen LogP contribution in [-0.2, 0) is 11.0 Å². The zero-order valence-electron chi connectivity index (χ0n) is 26.9. The fourth-order valence-electron chi connectivity index (χ4n) is 8.27. The molecule has 1 heteroatoms. The summed E-state index contributed by atoms with van der Waals surface area (Å²) in [7, 11) is 0. The molecule has 0 aliphatic carbocycles. The Labute approximate surface area is 274 Å². The molecule has 0 spiro atoms. The summed E-state index contributed by atoms with van der Waals surface area (Å²) in [6, 6.07) is 63.5. The van der Waals surface area contributed by atoms with Crippen LogP contribution in [0.5, 0.6) is 0 Å². The van der Waals surface area contributed by atoms with Gasteiger partial charge in [-0.2, -0.15) is 0 Å². The fraction of sp³-hybridized carbons (Fsp3) is 0.200. The molecule has 46 heavy (non-hydrogen) atoms. The van der Waals surface area contributed by atoms with Gasteiger partial charge in [-0.15, -0.1) is 0 Å². The first-order valence-electron chi connectivity index (χ1n) is 17.0. The van der Waals surface area contributed by atoms with Crippen LogP contribution in [0, 0.1) is 0 Å². The van der Waals surface area contributed by atoms with Gasteiger partial charge in [0.2, 0.25) is 0 Å². The van der Waals surface area contributed by atoms with Crippen molar-refractivity contribution < 1.29 is 0 Å². The van der Waals surface area contributed by atoms with Crippen molar-refractivity contribution in [2.45, 2.75) is 56.4 Å². The first-order chi connectivity index (χ1) is 22.8. The zero-order valence-corrected chi connectivity index (χ0v) is 26.9. The van der Waals surface area contributed by atoms with Crippen LogP contribution in [0.25, 0.3) is 21.8 Å². The van der Waals surface area contributed by atoms with E-state index < -0.39 is 11.0 Å². The second-order valence-electron chi connectivity index (χ2n) is 12.6. The summed E-state index contributed by atoms with van der Waals surface area (Å²) in [6.45, 7) is 2.30. The first kappa shape index (κ1) is 29.8. The molecule has 7 rings (SSSR count). The molecule has 1 atom stereocenters. The second kappa shape index (κ2) is 13.2. The fourth-order valence-corrected chi connectivity index (χ4v) is 8.27. The minimum atomic E-state index is -0.576. The molecule has 228 valence electrons. The van der Waals surface area contributed by atoms with Crippen molar-refractivity contribution in [1.82, 2.24) is 4.57 Å². The van der Waals surface area contributed by atoms with Crippen molar-refractivity contribution in [1.29, 1.82) is 0 Å². The topological polar surface area (TPSA) is 4.93 Å². The number of aromatic nitrogens is 1. The van der Waals surface area contributed by atoms with Crippen LogP contribution in [0.15, 0.2) is 170 Å². The second-order valence-corrected chi connectivity index (χ2v) is 12.6. The lowest BCUT2D eigenvalue weighted by atomic mass is 9.54. The van der Waals surface area contributed by atoms with Crippen LogP contribution < -0.4 is 0 Å². The van der Waals surface area contributed by atoms with Crippen LogP contribution in [-0.4, -0.2) is 4.57 Å². The molecule has 6 aromatic carbocycles. The highest BCUT2D eigenvalue weighted by atomic mass is 15.1. The summed E-state index contributed by atoms with van der Waals surface area (Å²) in [5, 5.41) is 2.60. The van der Waals surface area contributed by atoms with Crippen molar-refractivity contribution in [2.24, 2.45) is 0 Å². The minimum Gasteiger partial charge on any atom is -0.328 e. The Morgan fingerprint density at radius 3 is 1.20 bits per heavy atom. The Hall–Kier alpha value is -4.88. The highest BCUT2D eigenvalue weighted by molar-refractivity contribution is 6.08. The molecule has 0 bridgehead atoms. The van der Waals surface area contributed by atoms with Crippen molar-refractivity contribution in [3.8, 4) is 0 Å². The molecule has 1 nitrogen and oxygen atoms in total. The van der Waals surface area contributed by atoms with Gasteiger partial charge in [-0.25, -0.2) is 0 Å². The van der Waals surface area contributed by atoms with Gasteiger partial charge in [-0.1, -0.05) is 197 Å². The quantitative estimate of drug-likeness (QED) is 0.0975. The van der Waals surface area contributed by atoms with Crippen molar-refractivity contribution >= 4 is 21.8 Å². The Morgan fingerprint density at radius 1 is 0.391 bits per heavy atom. The number of rotatable bonds is 12. The molecule has 0 aliphatic heterocycles. The monoisotopic (exact) mass is 597 g/mol. The lowest BCUT2D eigenvalue weighted by Gasteiger charge is -2.54. The third kappa shape index (κ3) is 4.86. The van der Waals surface area contributed by atoms with E-state index in [9.17, 15) is 0 Å². The van der Waals surface area contributed by atoms with Gasteiger partial charge in [0.25, 0.3) is 0 Å². The van der Waals surface area contributed by atoms with E-state index in [0.717, 1.165) is 12.8 Å². The van der Waals surface area contributed by atoms with Gasteiger partial charge in [-0.3, -0.25) is 0 Å². The predicted octanol–water partition coefficient (Wildman–Crippen LogP) is 11.9. The van der Waals surface area contributed by atoms with Gasteiger partial charge >= 0.3 is 0 Å². The van der Waals surface area contributed by atoms with E-state index in [2.05, 4.69) is 181 Å². The van der Waals surface area contributed by atoms with Crippen LogP contribution in [0.2, 0.25) is 0 Å². The molecule has 1 aromatic heterocycles. The summed E-state index contributed by atoms with van der Waals surface area (Å²) in [6.07, 6.45) is 7.05. The van der Waals surface area contributed by atoms with E-state index >= 15 is 0 Å². The number of hydrogen-bond donors (Lipinski definition) is 0. The standard InChI is InChI=1S/C45H43N/c1-2-3-4-5-22-35-44(36-23-10-6-11-24-36,46-42-33-20-18-31-40(42)41-32-19-21-34-43(41)46)45(37-25-12-7-13-26-37,38-27-14-8-15-28-38)39-29-16-9-17-30-39/h6-21,23-34H,2-5,22,35H2,1H3. The van der Waals surface area contributed by atoms with Crippen molar-refractivity contribution in [3.05, 3.63) is 192 Å². The number of hydrogen-bond acceptors (Lipinski definition) is 0. The number of nitrogens with zero attached hydrogens (tertiary/aromatic N) is 1. The largest absolute Gasteiger partial charge is 0.328 e. The average molecular weight is 598 g/mol. The van der Waals surface area contributed by atoms with E-state index in [1.807, 2.05) is 0 Å². The molecule has 1 heterocycles. The number of benzene rings is 6. The Kier molecular flexibility index (Phi) is 8.57. The molecule has 0 amide bonds. The summed E-state index contributed by atoms with van der Waals surface area (Å²) in [5.74, 6) is 0. The number of unbranched alkanes of at least 4 members (excludes halogenated alkanes) is 4. The van der Waals surface area contributed by atoms with Crippen LogP contribution >= 0.6 is 0 Å². The third-order valence-electron chi connectivity index (χ3n) is 10.1. The van der Waals surface area contributed by atoms with Crippen LogP contribution in [0.4, 0.5) is 0 Å².